The van der Waals surface area contributed by atoms with Gasteiger partial charge in [-0.3, -0.25) is 4.79 Å². The van der Waals surface area contributed by atoms with Crippen LogP contribution in [-0.2, 0) is 6.18 Å². The standard InChI is InChI=1S/C13H9ClF4N2O2/c1-6(8-3-11(21)9(14)4-10(8)15)20-12(22)2-7(5-19-20)13(16,17)18/h2-6,21H,1H3. The van der Waals surface area contributed by atoms with Gasteiger partial charge in [-0.05, 0) is 19.1 Å². The Morgan fingerprint density at radius 1 is 1.32 bits per heavy atom. The van der Waals surface area contributed by atoms with E-state index in [1.165, 1.54) is 6.92 Å². The first-order valence-electron chi connectivity index (χ1n) is 5.95. The molecule has 1 unspecified atom stereocenters. The third-order valence-corrected chi connectivity index (χ3v) is 3.34. The average Bonchev–Trinajstić information content (AvgIpc) is 2.41. The number of aromatic nitrogens is 2. The first-order valence-corrected chi connectivity index (χ1v) is 6.33. The van der Waals surface area contributed by atoms with Gasteiger partial charge in [-0.25, -0.2) is 9.07 Å². The Morgan fingerprint density at radius 2 is 1.95 bits per heavy atom. The molecule has 4 nitrogen and oxygen atoms in total. The van der Waals surface area contributed by atoms with Crippen molar-refractivity contribution >= 4 is 11.6 Å². The molecule has 22 heavy (non-hydrogen) atoms. The molecular weight excluding hydrogens is 328 g/mol. The van der Waals surface area contributed by atoms with E-state index in [1.807, 2.05) is 0 Å². The maximum Gasteiger partial charge on any atom is 0.418 e. The van der Waals surface area contributed by atoms with Crippen LogP contribution in [0.1, 0.15) is 24.1 Å². The van der Waals surface area contributed by atoms with Gasteiger partial charge in [0.25, 0.3) is 5.56 Å². The van der Waals surface area contributed by atoms with Gasteiger partial charge in [-0.15, -0.1) is 0 Å². The number of nitrogens with zero attached hydrogens (tertiary/aromatic N) is 2. The van der Waals surface area contributed by atoms with Crippen LogP contribution in [0.5, 0.6) is 5.75 Å². The van der Waals surface area contributed by atoms with Gasteiger partial charge in [0, 0.05) is 11.6 Å². The number of rotatable bonds is 2. The summed E-state index contributed by atoms with van der Waals surface area (Å²) in [5, 5.41) is 12.7. The fourth-order valence-corrected chi connectivity index (χ4v) is 2.02. The van der Waals surface area contributed by atoms with Gasteiger partial charge in [0.15, 0.2) is 0 Å². The summed E-state index contributed by atoms with van der Waals surface area (Å²) in [4.78, 5) is 11.8. The molecule has 1 aromatic carbocycles. The van der Waals surface area contributed by atoms with Crippen LogP contribution >= 0.6 is 11.6 Å². The minimum Gasteiger partial charge on any atom is -0.506 e. The van der Waals surface area contributed by atoms with Crippen molar-refractivity contribution in [3.8, 4) is 5.75 Å². The third-order valence-electron chi connectivity index (χ3n) is 3.04. The molecule has 1 N–H and O–H groups in total. The minimum absolute atomic E-state index is 0.128. The van der Waals surface area contributed by atoms with E-state index in [-0.39, 0.29) is 10.6 Å². The van der Waals surface area contributed by atoms with Crippen LogP contribution in [0.15, 0.2) is 29.2 Å². The molecule has 0 aliphatic heterocycles. The summed E-state index contributed by atoms with van der Waals surface area (Å²) in [7, 11) is 0. The molecule has 0 fully saturated rings. The quantitative estimate of drug-likeness (QED) is 0.855. The van der Waals surface area contributed by atoms with Crippen molar-refractivity contribution in [1.29, 1.82) is 0 Å². The van der Waals surface area contributed by atoms with E-state index in [1.54, 1.807) is 0 Å². The zero-order valence-corrected chi connectivity index (χ0v) is 11.8. The monoisotopic (exact) mass is 336 g/mol. The fraction of sp³-hybridized carbons (Fsp3) is 0.231. The Bertz CT molecular complexity index is 774. The highest BCUT2D eigenvalue weighted by Crippen LogP contribution is 2.31. The highest BCUT2D eigenvalue weighted by atomic mass is 35.5. The number of phenols is 1. The Hall–Kier alpha value is -2.09. The van der Waals surface area contributed by atoms with E-state index in [0.717, 1.165) is 12.1 Å². The Balaban J connectivity index is 2.49. The topological polar surface area (TPSA) is 55.1 Å². The molecule has 0 amide bonds. The number of halogens is 5. The molecule has 0 aliphatic carbocycles. The van der Waals surface area contributed by atoms with Crippen molar-refractivity contribution in [3.63, 3.8) is 0 Å². The molecule has 0 radical (unpaired) electrons. The summed E-state index contributed by atoms with van der Waals surface area (Å²) in [5.41, 5.74) is -2.37. The third kappa shape index (κ3) is 3.06. The van der Waals surface area contributed by atoms with Gasteiger partial charge in [0.05, 0.1) is 22.8 Å². The minimum atomic E-state index is -4.70. The first kappa shape index (κ1) is 16.3. The summed E-state index contributed by atoms with van der Waals surface area (Å²) in [6, 6.07) is 1.18. The van der Waals surface area contributed by atoms with Crippen LogP contribution < -0.4 is 5.56 Å². The predicted molar refractivity (Wildman–Crippen MR) is 70.4 cm³/mol. The maximum atomic E-state index is 13.8. The van der Waals surface area contributed by atoms with Crippen molar-refractivity contribution in [1.82, 2.24) is 9.78 Å². The highest BCUT2D eigenvalue weighted by molar-refractivity contribution is 6.32. The van der Waals surface area contributed by atoms with Crippen molar-refractivity contribution in [3.05, 3.63) is 56.7 Å². The lowest BCUT2D eigenvalue weighted by Gasteiger charge is -2.16. The zero-order chi connectivity index (χ0) is 16.7. The molecule has 1 aromatic heterocycles. The normalized spacial score (nSPS) is 13.2. The van der Waals surface area contributed by atoms with Crippen LogP contribution in [-0.4, -0.2) is 14.9 Å². The molecule has 1 atom stereocenters. The van der Waals surface area contributed by atoms with Crippen molar-refractivity contribution in [2.24, 2.45) is 0 Å². The molecule has 0 saturated heterocycles. The molecule has 1 heterocycles. The zero-order valence-electron chi connectivity index (χ0n) is 11.0. The number of benzene rings is 1. The molecule has 2 aromatic rings. The van der Waals surface area contributed by atoms with Crippen molar-refractivity contribution in [2.75, 3.05) is 0 Å². The molecular formula is C13H9ClF4N2O2. The van der Waals surface area contributed by atoms with Crippen LogP contribution in [0.4, 0.5) is 17.6 Å². The smallest absolute Gasteiger partial charge is 0.418 e. The Labute approximate surface area is 126 Å². The number of alkyl halides is 3. The van der Waals surface area contributed by atoms with Crippen molar-refractivity contribution < 1.29 is 22.7 Å². The van der Waals surface area contributed by atoms with Crippen LogP contribution in [0.25, 0.3) is 0 Å². The summed E-state index contributed by atoms with van der Waals surface area (Å²) in [5.74, 6) is -1.23. The van der Waals surface area contributed by atoms with Crippen LogP contribution in [0, 0.1) is 5.82 Å². The summed E-state index contributed by atoms with van der Waals surface area (Å²) in [6.45, 7) is 1.35. The van der Waals surface area contributed by atoms with E-state index < -0.39 is 34.9 Å². The van der Waals surface area contributed by atoms with Crippen LogP contribution in [0.3, 0.4) is 0 Å². The van der Waals surface area contributed by atoms with Gasteiger partial charge < -0.3 is 5.11 Å². The first-order chi connectivity index (χ1) is 10.1. The summed E-state index contributed by atoms with van der Waals surface area (Å²) in [6.07, 6.45) is -4.22. The van der Waals surface area contributed by atoms with E-state index >= 15 is 0 Å². The molecule has 9 heteroatoms. The second-order valence-corrected chi connectivity index (χ2v) is 4.93. The maximum absolute atomic E-state index is 13.8. The predicted octanol–water partition coefficient (Wildman–Crippen LogP) is 3.37. The molecule has 0 aliphatic rings. The van der Waals surface area contributed by atoms with Gasteiger partial charge in [0.2, 0.25) is 0 Å². The summed E-state index contributed by atoms with van der Waals surface area (Å²) >= 11 is 5.54. The Morgan fingerprint density at radius 3 is 2.50 bits per heavy atom. The van der Waals surface area contributed by atoms with Gasteiger partial charge in [-0.1, -0.05) is 11.6 Å². The fourth-order valence-electron chi connectivity index (χ4n) is 1.87. The highest BCUT2D eigenvalue weighted by Gasteiger charge is 2.32. The SMILES string of the molecule is CC(c1cc(O)c(Cl)cc1F)n1ncc(C(F)(F)F)cc1=O. The van der Waals surface area contributed by atoms with E-state index in [2.05, 4.69) is 5.10 Å². The average molecular weight is 337 g/mol. The van der Waals surface area contributed by atoms with E-state index in [4.69, 9.17) is 11.6 Å². The van der Waals surface area contributed by atoms with Crippen LogP contribution in [0.2, 0.25) is 5.02 Å². The van der Waals surface area contributed by atoms with E-state index in [9.17, 15) is 27.5 Å². The number of aromatic hydroxyl groups is 1. The van der Waals surface area contributed by atoms with E-state index in [0.29, 0.717) is 16.9 Å². The van der Waals surface area contributed by atoms with Gasteiger partial charge in [0.1, 0.15) is 11.6 Å². The second-order valence-electron chi connectivity index (χ2n) is 4.53. The number of hydrogen-bond donors (Lipinski definition) is 1. The molecule has 2 rings (SSSR count). The molecule has 0 spiro atoms. The van der Waals surface area contributed by atoms with Crippen molar-refractivity contribution in [2.45, 2.75) is 19.1 Å². The second kappa shape index (κ2) is 5.60. The number of hydrogen-bond acceptors (Lipinski definition) is 3. The largest absolute Gasteiger partial charge is 0.506 e. The lowest BCUT2D eigenvalue weighted by molar-refractivity contribution is -0.138. The van der Waals surface area contributed by atoms with Gasteiger partial charge in [-0.2, -0.15) is 18.3 Å². The van der Waals surface area contributed by atoms with Gasteiger partial charge >= 0.3 is 6.18 Å². The Kier molecular flexibility index (Phi) is 4.15. The molecule has 0 bridgehead atoms. The lowest BCUT2D eigenvalue weighted by Crippen LogP contribution is -2.28. The summed E-state index contributed by atoms with van der Waals surface area (Å²) < 4.78 is 52.0. The molecule has 118 valence electrons. The lowest BCUT2D eigenvalue weighted by atomic mass is 10.1. The number of phenolic OH excluding ortho intramolecular Hbond substituents is 1. The molecule has 0 saturated carbocycles.